The first-order valence-electron chi connectivity index (χ1n) is 4.76. The van der Waals surface area contributed by atoms with Crippen LogP contribution in [-0.2, 0) is 6.54 Å². The molecular formula is C13H10BrN. The summed E-state index contributed by atoms with van der Waals surface area (Å²) in [6.07, 6.45) is 11.5. The average molecular weight is 260 g/mol. The van der Waals surface area contributed by atoms with Crippen molar-refractivity contribution in [2.24, 2.45) is 0 Å². The summed E-state index contributed by atoms with van der Waals surface area (Å²) in [7, 11) is 0. The van der Waals surface area contributed by atoms with Gasteiger partial charge in [-0.15, -0.1) is 0 Å². The van der Waals surface area contributed by atoms with Crippen molar-refractivity contribution in [1.82, 2.24) is 4.90 Å². The zero-order valence-corrected chi connectivity index (χ0v) is 9.74. The molecule has 0 amide bonds. The van der Waals surface area contributed by atoms with E-state index in [1.165, 1.54) is 11.1 Å². The number of fused-ring (bicyclic) bond motifs is 2. The van der Waals surface area contributed by atoms with E-state index in [-0.39, 0.29) is 17.0 Å². The van der Waals surface area contributed by atoms with Crippen LogP contribution in [-0.4, -0.2) is 4.90 Å². The minimum atomic E-state index is 0. The van der Waals surface area contributed by atoms with Crippen molar-refractivity contribution in [3.05, 3.63) is 65.5 Å². The third kappa shape index (κ3) is 1.74. The highest BCUT2D eigenvalue weighted by atomic mass is 79.9. The van der Waals surface area contributed by atoms with E-state index in [2.05, 4.69) is 47.5 Å². The van der Waals surface area contributed by atoms with Gasteiger partial charge in [-0.05, 0) is 11.6 Å². The van der Waals surface area contributed by atoms with Crippen LogP contribution in [0, 0.1) is 6.08 Å². The largest absolute Gasteiger partial charge is 1.00 e. The lowest BCUT2D eigenvalue weighted by atomic mass is 10.0. The Hall–Kier alpha value is -1.37. The number of halogens is 1. The first-order chi connectivity index (χ1) is 6.93. The van der Waals surface area contributed by atoms with E-state index < -0.39 is 0 Å². The first kappa shape index (κ1) is 10.2. The molecule has 0 radical (unpaired) electrons. The Kier molecular flexibility index (Phi) is 2.72. The lowest BCUT2D eigenvalue weighted by molar-refractivity contribution is -0.00000268. The molecule has 1 aromatic rings. The Morgan fingerprint density at radius 1 is 1.20 bits per heavy atom. The molecule has 0 bridgehead atoms. The summed E-state index contributed by atoms with van der Waals surface area (Å²) in [5.74, 6) is 0. The van der Waals surface area contributed by atoms with Crippen LogP contribution in [0.1, 0.15) is 11.1 Å². The van der Waals surface area contributed by atoms with Crippen LogP contribution < -0.4 is 17.0 Å². The molecule has 0 aliphatic carbocycles. The summed E-state index contributed by atoms with van der Waals surface area (Å²) < 4.78 is 0. The van der Waals surface area contributed by atoms with E-state index in [0.717, 1.165) is 12.2 Å². The van der Waals surface area contributed by atoms with E-state index in [1.807, 2.05) is 12.2 Å². The molecule has 74 valence electrons. The number of hydrogen-bond acceptors (Lipinski definition) is 1. The van der Waals surface area contributed by atoms with Crippen molar-refractivity contribution in [2.75, 3.05) is 0 Å². The van der Waals surface area contributed by atoms with E-state index in [9.17, 15) is 0 Å². The normalized spacial score (nSPS) is 15.7. The van der Waals surface area contributed by atoms with Crippen LogP contribution in [0.3, 0.4) is 0 Å². The Morgan fingerprint density at radius 2 is 2.07 bits per heavy atom. The molecule has 1 aromatic carbocycles. The fourth-order valence-corrected chi connectivity index (χ4v) is 1.86. The van der Waals surface area contributed by atoms with Crippen molar-refractivity contribution < 1.29 is 17.0 Å². The molecule has 15 heavy (non-hydrogen) atoms. The molecule has 0 saturated heterocycles. The molecule has 0 fully saturated rings. The van der Waals surface area contributed by atoms with Gasteiger partial charge in [-0.3, -0.25) is 0 Å². The summed E-state index contributed by atoms with van der Waals surface area (Å²) in [5.41, 5.74) is 3.85. The third-order valence-electron chi connectivity index (χ3n) is 2.59. The van der Waals surface area contributed by atoms with Crippen molar-refractivity contribution in [2.45, 2.75) is 6.54 Å². The van der Waals surface area contributed by atoms with Gasteiger partial charge in [-0.1, -0.05) is 18.2 Å². The Labute approximate surface area is 100 Å². The van der Waals surface area contributed by atoms with Crippen LogP contribution in [0.5, 0.6) is 0 Å². The highest BCUT2D eigenvalue weighted by Crippen LogP contribution is 2.26. The minimum Gasteiger partial charge on any atom is -1.00 e. The lowest BCUT2D eigenvalue weighted by Crippen LogP contribution is -3.00. The molecule has 1 nitrogen and oxygen atoms in total. The Balaban J connectivity index is 0.000000853. The number of allylic oxidation sites excluding steroid dienone is 3. The summed E-state index contributed by atoms with van der Waals surface area (Å²) in [6.45, 7) is 0.958. The predicted molar refractivity (Wildman–Crippen MR) is 56.9 cm³/mol. The standard InChI is InChI=1S/C13H10N.BrH/c1-2-6-12-10-14-8-4-3-7-13(14)9-11(12)5-1;/h1-6,8-9H,10H2;1H/q+1;/p-1. The monoisotopic (exact) mass is 259 g/mol. The van der Waals surface area contributed by atoms with Gasteiger partial charge in [-0.25, -0.2) is 0 Å². The fourth-order valence-electron chi connectivity index (χ4n) is 1.86. The molecule has 2 heteroatoms. The molecule has 2 aliphatic rings. The van der Waals surface area contributed by atoms with Gasteiger partial charge in [0.15, 0.2) is 0 Å². The summed E-state index contributed by atoms with van der Waals surface area (Å²) >= 11 is 0. The molecule has 0 N–H and O–H groups in total. The van der Waals surface area contributed by atoms with Gasteiger partial charge in [0.05, 0.1) is 31.0 Å². The van der Waals surface area contributed by atoms with Crippen LogP contribution in [0.2, 0.25) is 0 Å². The Morgan fingerprint density at radius 3 is 3.00 bits per heavy atom. The van der Waals surface area contributed by atoms with Crippen LogP contribution in [0.25, 0.3) is 6.08 Å². The van der Waals surface area contributed by atoms with E-state index in [0.29, 0.717) is 0 Å². The van der Waals surface area contributed by atoms with Gasteiger partial charge in [0.1, 0.15) is 6.08 Å². The second kappa shape index (κ2) is 4.01. The van der Waals surface area contributed by atoms with Gasteiger partial charge in [0.2, 0.25) is 5.70 Å². The number of hydrogen-bond donors (Lipinski definition) is 0. The second-order valence-electron chi connectivity index (χ2n) is 3.51. The minimum absolute atomic E-state index is 0. The maximum absolute atomic E-state index is 3.24. The SMILES string of the molecule is [Br-].[C+]1=CC=CN2Cc3ccccc3C=C12. The molecule has 0 spiro atoms. The van der Waals surface area contributed by atoms with Crippen LogP contribution in [0.15, 0.2) is 48.3 Å². The van der Waals surface area contributed by atoms with E-state index >= 15 is 0 Å². The van der Waals surface area contributed by atoms with Gasteiger partial charge in [-0.2, -0.15) is 0 Å². The highest BCUT2D eigenvalue weighted by molar-refractivity contribution is 5.61. The smallest absolute Gasteiger partial charge is 0.210 e. The third-order valence-corrected chi connectivity index (χ3v) is 2.59. The van der Waals surface area contributed by atoms with Crippen molar-refractivity contribution in [1.29, 1.82) is 0 Å². The van der Waals surface area contributed by atoms with Gasteiger partial charge >= 0.3 is 0 Å². The van der Waals surface area contributed by atoms with E-state index in [1.54, 1.807) is 0 Å². The fraction of sp³-hybridized carbons (Fsp3) is 0.0769. The summed E-state index contributed by atoms with van der Waals surface area (Å²) in [6, 6.07) is 8.49. The molecule has 0 unspecified atom stereocenters. The molecular weight excluding hydrogens is 250 g/mol. The lowest BCUT2D eigenvalue weighted by Gasteiger charge is -2.22. The molecule has 2 aliphatic heterocycles. The van der Waals surface area contributed by atoms with Gasteiger partial charge < -0.3 is 21.9 Å². The van der Waals surface area contributed by atoms with Crippen LogP contribution in [0.4, 0.5) is 0 Å². The first-order valence-corrected chi connectivity index (χ1v) is 4.76. The van der Waals surface area contributed by atoms with Gasteiger partial charge in [0, 0.05) is 5.56 Å². The number of rotatable bonds is 0. The average Bonchev–Trinajstić information content (AvgIpc) is 2.26. The molecule has 0 atom stereocenters. The van der Waals surface area contributed by atoms with Crippen LogP contribution >= 0.6 is 0 Å². The molecule has 3 rings (SSSR count). The predicted octanol–water partition coefficient (Wildman–Crippen LogP) is -0.266. The quantitative estimate of drug-likeness (QED) is 0.581. The highest BCUT2D eigenvalue weighted by Gasteiger charge is 2.21. The maximum Gasteiger partial charge on any atom is 0.210 e. The number of benzene rings is 1. The maximum atomic E-state index is 3.24. The van der Waals surface area contributed by atoms with Crippen molar-refractivity contribution in [3.63, 3.8) is 0 Å². The van der Waals surface area contributed by atoms with Gasteiger partial charge in [0.25, 0.3) is 0 Å². The van der Waals surface area contributed by atoms with E-state index in [4.69, 9.17) is 0 Å². The zero-order chi connectivity index (χ0) is 9.38. The molecule has 0 aromatic heterocycles. The van der Waals surface area contributed by atoms with Crippen molar-refractivity contribution >= 4 is 6.08 Å². The Bertz CT molecular complexity index is 457. The topological polar surface area (TPSA) is 3.24 Å². The van der Waals surface area contributed by atoms with Crippen molar-refractivity contribution in [3.8, 4) is 0 Å². The molecule has 2 heterocycles. The summed E-state index contributed by atoms with van der Waals surface area (Å²) in [4.78, 5) is 2.21. The second-order valence-corrected chi connectivity index (χ2v) is 3.51. The number of nitrogens with zero attached hydrogens (tertiary/aromatic N) is 1. The summed E-state index contributed by atoms with van der Waals surface area (Å²) in [5, 5.41) is 0. The zero-order valence-electron chi connectivity index (χ0n) is 8.15. The molecule has 0 saturated carbocycles.